The van der Waals surface area contributed by atoms with Crippen LogP contribution in [-0.4, -0.2) is 61.5 Å². The average Bonchev–Trinajstić information content (AvgIpc) is 2.76. The second-order valence-corrected chi connectivity index (χ2v) is 6.45. The van der Waals surface area contributed by atoms with E-state index >= 15 is 0 Å². The molecular formula is C16H31N3O. The fourth-order valence-corrected chi connectivity index (χ4v) is 3.55. The molecule has 0 bridgehead atoms. The SMILES string of the molecule is CNCC1CCN(C(=O)C(C)N2CCCCCC2)CC1. The summed E-state index contributed by atoms with van der Waals surface area (Å²) < 4.78 is 0. The zero-order valence-corrected chi connectivity index (χ0v) is 13.2. The lowest BCUT2D eigenvalue weighted by molar-refractivity contribution is -0.137. The van der Waals surface area contributed by atoms with Gasteiger partial charge in [-0.05, 0) is 65.2 Å². The summed E-state index contributed by atoms with van der Waals surface area (Å²) in [6.07, 6.45) is 7.46. The summed E-state index contributed by atoms with van der Waals surface area (Å²) in [5, 5.41) is 3.25. The largest absolute Gasteiger partial charge is 0.341 e. The lowest BCUT2D eigenvalue weighted by atomic mass is 9.96. The zero-order valence-electron chi connectivity index (χ0n) is 13.2. The number of amides is 1. The molecule has 0 aromatic carbocycles. The molecule has 2 heterocycles. The normalized spacial score (nSPS) is 24.4. The highest BCUT2D eigenvalue weighted by Crippen LogP contribution is 2.19. The molecule has 2 rings (SSSR count). The van der Waals surface area contributed by atoms with Crippen LogP contribution in [0.15, 0.2) is 0 Å². The third-order valence-corrected chi connectivity index (χ3v) is 4.96. The van der Waals surface area contributed by atoms with Crippen LogP contribution in [0.25, 0.3) is 0 Å². The van der Waals surface area contributed by atoms with Crippen LogP contribution in [0.4, 0.5) is 0 Å². The fraction of sp³-hybridized carbons (Fsp3) is 0.938. The van der Waals surface area contributed by atoms with Crippen LogP contribution < -0.4 is 5.32 Å². The van der Waals surface area contributed by atoms with E-state index in [1.54, 1.807) is 0 Å². The molecule has 1 unspecified atom stereocenters. The van der Waals surface area contributed by atoms with Crippen molar-refractivity contribution in [2.24, 2.45) is 5.92 Å². The predicted octanol–water partition coefficient (Wildman–Crippen LogP) is 1.71. The first-order valence-corrected chi connectivity index (χ1v) is 8.40. The fourth-order valence-electron chi connectivity index (χ4n) is 3.55. The van der Waals surface area contributed by atoms with Gasteiger partial charge < -0.3 is 10.2 Å². The maximum atomic E-state index is 12.6. The van der Waals surface area contributed by atoms with Crippen LogP contribution in [0.1, 0.15) is 45.4 Å². The van der Waals surface area contributed by atoms with E-state index in [1.165, 1.54) is 25.7 Å². The Balaban J connectivity index is 1.81. The van der Waals surface area contributed by atoms with E-state index in [2.05, 4.69) is 22.0 Å². The Morgan fingerprint density at radius 2 is 1.70 bits per heavy atom. The second kappa shape index (κ2) is 7.99. The maximum Gasteiger partial charge on any atom is 0.239 e. The van der Waals surface area contributed by atoms with Crippen molar-refractivity contribution in [3.8, 4) is 0 Å². The van der Waals surface area contributed by atoms with Crippen LogP contribution in [0, 0.1) is 5.92 Å². The van der Waals surface area contributed by atoms with Gasteiger partial charge >= 0.3 is 0 Å². The number of nitrogens with zero attached hydrogens (tertiary/aromatic N) is 2. The molecule has 0 radical (unpaired) electrons. The minimum absolute atomic E-state index is 0.0777. The topological polar surface area (TPSA) is 35.6 Å². The molecule has 0 spiro atoms. The van der Waals surface area contributed by atoms with E-state index in [0.717, 1.165) is 51.5 Å². The third kappa shape index (κ3) is 4.19. The van der Waals surface area contributed by atoms with Gasteiger partial charge in [0.25, 0.3) is 0 Å². The average molecular weight is 281 g/mol. The van der Waals surface area contributed by atoms with E-state index in [0.29, 0.717) is 5.91 Å². The van der Waals surface area contributed by atoms with E-state index < -0.39 is 0 Å². The Bertz CT molecular complexity index is 292. The number of piperidine rings is 1. The van der Waals surface area contributed by atoms with Crippen molar-refractivity contribution in [2.75, 3.05) is 39.8 Å². The van der Waals surface area contributed by atoms with E-state index in [1.807, 2.05) is 7.05 Å². The van der Waals surface area contributed by atoms with Gasteiger partial charge in [0.1, 0.15) is 0 Å². The van der Waals surface area contributed by atoms with Crippen molar-refractivity contribution in [1.82, 2.24) is 15.1 Å². The molecule has 0 aromatic heterocycles. The number of hydrogen-bond acceptors (Lipinski definition) is 3. The smallest absolute Gasteiger partial charge is 0.239 e. The molecule has 20 heavy (non-hydrogen) atoms. The molecule has 4 nitrogen and oxygen atoms in total. The Hall–Kier alpha value is -0.610. The highest BCUT2D eigenvalue weighted by Gasteiger charge is 2.29. The number of hydrogen-bond donors (Lipinski definition) is 1. The lowest BCUT2D eigenvalue weighted by Gasteiger charge is -2.36. The van der Waals surface area contributed by atoms with Crippen LogP contribution in [0.5, 0.6) is 0 Å². The third-order valence-electron chi connectivity index (χ3n) is 4.96. The summed E-state index contributed by atoms with van der Waals surface area (Å²) >= 11 is 0. The molecule has 1 atom stereocenters. The van der Waals surface area contributed by atoms with Gasteiger partial charge in [0.15, 0.2) is 0 Å². The highest BCUT2D eigenvalue weighted by atomic mass is 16.2. The number of carbonyl (C=O) groups is 1. The molecule has 1 N–H and O–H groups in total. The lowest BCUT2D eigenvalue weighted by Crippen LogP contribution is -2.50. The molecule has 2 fully saturated rings. The Morgan fingerprint density at radius 3 is 2.25 bits per heavy atom. The highest BCUT2D eigenvalue weighted by molar-refractivity contribution is 5.81. The molecule has 0 aliphatic carbocycles. The summed E-state index contributed by atoms with van der Waals surface area (Å²) in [4.78, 5) is 17.1. The zero-order chi connectivity index (χ0) is 14.4. The number of likely N-dealkylation sites (tertiary alicyclic amines) is 2. The minimum Gasteiger partial charge on any atom is -0.341 e. The van der Waals surface area contributed by atoms with Gasteiger partial charge in [-0.15, -0.1) is 0 Å². The molecule has 2 aliphatic rings. The van der Waals surface area contributed by atoms with Gasteiger partial charge in [-0.1, -0.05) is 12.8 Å². The van der Waals surface area contributed by atoms with Gasteiger partial charge in [0.2, 0.25) is 5.91 Å². The van der Waals surface area contributed by atoms with Gasteiger partial charge in [-0.3, -0.25) is 9.69 Å². The Morgan fingerprint density at radius 1 is 1.10 bits per heavy atom. The summed E-state index contributed by atoms with van der Waals surface area (Å²) in [5.74, 6) is 1.10. The first-order valence-electron chi connectivity index (χ1n) is 8.40. The monoisotopic (exact) mass is 281 g/mol. The number of rotatable bonds is 4. The summed E-state index contributed by atoms with van der Waals surface area (Å²) in [6, 6.07) is 0.0777. The first-order chi connectivity index (χ1) is 9.72. The van der Waals surface area contributed by atoms with E-state index in [-0.39, 0.29) is 6.04 Å². The number of nitrogens with one attached hydrogen (secondary N) is 1. The molecule has 0 saturated carbocycles. The quantitative estimate of drug-likeness (QED) is 0.852. The predicted molar refractivity (Wildman–Crippen MR) is 82.7 cm³/mol. The molecule has 0 aromatic rings. The molecule has 1 amide bonds. The van der Waals surface area contributed by atoms with E-state index in [4.69, 9.17) is 0 Å². The van der Waals surface area contributed by atoms with Crippen molar-refractivity contribution in [1.29, 1.82) is 0 Å². The van der Waals surface area contributed by atoms with Crippen LogP contribution in [0.3, 0.4) is 0 Å². The number of carbonyl (C=O) groups excluding carboxylic acids is 1. The van der Waals surface area contributed by atoms with E-state index in [9.17, 15) is 4.79 Å². The standard InChI is InChI=1S/C16H31N3O/c1-14(18-9-5-3-4-6-10-18)16(20)19-11-7-15(8-12-19)13-17-2/h14-15,17H,3-13H2,1-2H3. The van der Waals surface area contributed by atoms with Crippen LogP contribution in [-0.2, 0) is 4.79 Å². The first kappa shape index (κ1) is 15.8. The van der Waals surface area contributed by atoms with Crippen LogP contribution >= 0.6 is 0 Å². The second-order valence-electron chi connectivity index (χ2n) is 6.45. The van der Waals surface area contributed by atoms with Crippen molar-refractivity contribution in [3.63, 3.8) is 0 Å². The Kier molecular flexibility index (Phi) is 6.30. The van der Waals surface area contributed by atoms with Gasteiger partial charge in [0.05, 0.1) is 6.04 Å². The molecule has 2 saturated heterocycles. The molecule has 4 heteroatoms. The Labute approximate surface area is 123 Å². The molecular weight excluding hydrogens is 250 g/mol. The van der Waals surface area contributed by atoms with Crippen molar-refractivity contribution in [2.45, 2.75) is 51.5 Å². The van der Waals surface area contributed by atoms with Crippen molar-refractivity contribution in [3.05, 3.63) is 0 Å². The van der Waals surface area contributed by atoms with Crippen molar-refractivity contribution < 1.29 is 4.79 Å². The maximum absolute atomic E-state index is 12.6. The molecule has 116 valence electrons. The van der Waals surface area contributed by atoms with Gasteiger partial charge in [-0.25, -0.2) is 0 Å². The van der Waals surface area contributed by atoms with Crippen LogP contribution in [0.2, 0.25) is 0 Å². The van der Waals surface area contributed by atoms with Gasteiger partial charge in [0, 0.05) is 13.1 Å². The van der Waals surface area contributed by atoms with Gasteiger partial charge in [-0.2, -0.15) is 0 Å². The summed E-state index contributed by atoms with van der Waals surface area (Å²) in [5.41, 5.74) is 0. The minimum atomic E-state index is 0.0777. The van der Waals surface area contributed by atoms with Crippen molar-refractivity contribution >= 4 is 5.91 Å². The summed E-state index contributed by atoms with van der Waals surface area (Å²) in [7, 11) is 2.01. The summed E-state index contributed by atoms with van der Waals surface area (Å²) in [6.45, 7) is 7.29. The molecule has 2 aliphatic heterocycles.